The summed E-state index contributed by atoms with van der Waals surface area (Å²) in [6, 6.07) is 6.08. The van der Waals surface area contributed by atoms with Crippen molar-refractivity contribution in [1.82, 2.24) is 5.32 Å². The van der Waals surface area contributed by atoms with E-state index in [1.165, 1.54) is 0 Å². The summed E-state index contributed by atoms with van der Waals surface area (Å²) in [6.45, 7) is 7.34. The lowest BCUT2D eigenvalue weighted by atomic mass is 9.91. The minimum atomic E-state index is -1.000. The maximum Gasteiger partial charge on any atom is 0.0625 e. The fourth-order valence-corrected chi connectivity index (χ4v) is 4.53. The van der Waals surface area contributed by atoms with E-state index in [2.05, 4.69) is 25.2 Å². The molecule has 0 bridgehead atoms. The van der Waals surface area contributed by atoms with Crippen molar-refractivity contribution in [2.75, 3.05) is 6.54 Å². The van der Waals surface area contributed by atoms with Gasteiger partial charge in [-0.3, -0.25) is 4.21 Å². The lowest BCUT2D eigenvalue weighted by Gasteiger charge is -2.36. The molecule has 0 aromatic heterocycles. The van der Waals surface area contributed by atoms with E-state index in [1.54, 1.807) is 0 Å². The first-order valence-corrected chi connectivity index (χ1v) is 8.09. The molecule has 1 aromatic carbocycles. The summed E-state index contributed by atoms with van der Waals surface area (Å²) in [5, 5.41) is 4.33. The van der Waals surface area contributed by atoms with Gasteiger partial charge in [-0.1, -0.05) is 44.5 Å². The number of hydrogen-bond acceptors (Lipinski definition) is 2. The van der Waals surface area contributed by atoms with Gasteiger partial charge < -0.3 is 5.32 Å². The topological polar surface area (TPSA) is 29.1 Å². The summed E-state index contributed by atoms with van der Waals surface area (Å²) >= 11 is 6.23. The first-order valence-electron chi connectivity index (χ1n) is 6.50. The second-order valence-electron chi connectivity index (χ2n) is 4.95. The summed E-state index contributed by atoms with van der Waals surface area (Å²) in [7, 11) is -1.000. The van der Waals surface area contributed by atoms with Crippen LogP contribution in [0.3, 0.4) is 0 Å². The van der Waals surface area contributed by atoms with Gasteiger partial charge in [-0.25, -0.2) is 0 Å². The van der Waals surface area contributed by atoms with Crippen molar-refractivity contribution in [2.24, 2.45) is 5.92 Å². The summed E-state index contributed by atoms with van der Waals surface area (Å²) in [6.07, 6.45) is 1.09. The molecule has 1 aliphatic rings. The van der Waals surface area contributed by atoms with Crippen LogP contribution in [0.1, 0.15) is 38.8 Å². The third kappa shape index (κ3) is 2.36. The van der Waals surface area contributed by atoms with Gasteiger partial charge in [0.2, 0.25) is 0 Å². The smallest absolute Gasteiger partial charge is 0.0625 e. The Balaban J connectivity index is 2.46. The zero-order valence-electron chi connectivity index (χ0n) is 11.1. The molecular weight excluding hydrogens is 266 g/mol. The van der Waals surface area contributed by atoms with E-state index in [-0.39, 0.29) is 11.3 Å². The molecule has 0 amide bonds. The van der Waals surface area contributed by atoms with Crippen molar-refractivity contribution in [2.45, 2.75) is 43.4 Å². The Morgan fingerprint density at radius 2 is 2.11 bits per heavy atom. The zero-order valence-corrected chi connectivity index (χ0v) is 12.6. The molecule has 18 heavy (non-hydrogen) atoms. The Morgan fingerprint density at radius 3 is 2.78 bits per heavy atom. The van der Waals surface area contributed by atoms with Crippen LogP contribution < -0.4 is 5.32 Å². The van der Waals surface area contributed by atoms with Gasteiger partial charge in [-0.05, 0) is 30.5 Å². The molecule has 1 N–H and O–H groups in total. The van der Waals surface area contributed by atoms with E-state index in [0.29, 0.717) is 10.9 Å². The van der Waals surface area contributed by atoms with Crippen molar-refractivity contribution in [1.29, 1.82) is 0 Å². The highest BCUT2D eigenvalue weighted by molar-refractivity contribution is 7.86. The summed E-state index contributed by atoms with van der Waals surface area (Å²) in [5.41, 5.74) is 1.11. The fraction of sp³-hybridized carbons (Fsp3) is 0.571. The maximum atomic E-state index is 12.5. The molecule has 0 spiro atoms. The minimum absolute atomic E-state index is 0.131. The van der Waals surface area contributed by atoms with Gasteiger partial charge in [0.25, 0.3) is 0 Å². The summed E-state index contributed by atoms with van der Waals surface area (Å²) < 4.78 is 12.5. The molecule has 0 radical (unpaired) electrons. The number of rotatable bonds is 3. The van der Waals surface area contributed by atoms with Gasteiger partial charge in [0.05, 0.1) is 20.7 Å². The quantitative estimate of drug-likeness (QED) is 0.920. The van der Waals surface area contributed by atoms with Crippen LogP contribution in [0.15, 0.2) is 23.1 Å². The fourth-order valence-electron chi connectivity index (χ4n) is 2.51. The van der Waals surface area contributed by atoms with Crippen LogP contribution in [-0.4, -0.2) is 16.0 Å². The highest BCUT2D eigenvalue weighted by atomic mass is 35.5. The van der Waals surface area contributed by atoms with Gasteiger partial charge in [-0.15, -0.1) is 0 Å². The Kier molecular flexibility index (Phi) is 4.46. The summed E-state index contributed by atoms with van der Waals surface area (Å²) in [4.78, 5) is 0.832. The van der Waals surface area contributed by atoms with Gasteiger partial charge in [0.1, 0.15) is 0 Å². The maximum absolute atomic E-state index is 12.5. The predicted octanol–water partition coefficient (Wildman–Crippen LogP) is 3.53. The van der Waals surface area contributed by atoms with Gasteiger partial charge >= 0.3 is 0 Å². The SMILES string of the molecule is CCCNC1c2cccc(Cl)c2S(=O)C(C)C1C. The third-order valence-corrected chi connectivity index (χ3v) is 6.14. The van der Waals surface area contributed by atoms with Gasteiger partial charge in [0.15, 0.2) is 0 Å². The van der Waals surface area contributed by atoms with Crippen LogP contribution in [0, 0.1) is 5.92 Å². The average molecular weight is 286 g/mol. The highest BCUT2D eigenvalue weighted by Gasteiger charge is 2.37. The molecule has 2 nitrogen and oxygen atoms in total. The lowest BCUT2D eigenvalue weighted by Crippen LogP contribution is -2.39. The molecule has 1 aromatic rings. The minimum Gasteiger partial charge on any atom is -0.310 e. The van der Waals surface area contributed by atoms with Gasteiger partial charge in [-0.2, -0.15) is 0 Å². The number of halogens is 1. The first-order chi connectivity index (χ1) is 8.57. The number of benzene rings is 1. The molecule has 0 fully saturated rings. The molecule has 0 saturated carbocycles. The van der Waals surface area contributed by atoms with Crippen molar-refractivity contribution in [3.8, 4) is 0 Å². The van der Waals surface area contributed by atoms with E-state index >= 15 is 0 Å². The Hall–Kier alpha value is -0.380. The molecule has 2 rings (SSSR count). The predicted molar refractivity (Wildman–Crippen MR) is 77.5 cm³/mol. The number of nitrogens with one attached hydrogen (secondary N) is 1. The average Bonchev–Trinajstić information content (AvgIpc) is 2.36. The monoisotopic (exact) mass is 285 g/mol. The normalized spacial score (nSPS) is 31.1. The second-order valence-corrected chi connectivity index (χ2v) is 7.11. The molecule has 0 saturated heterocycles. The van der Waals surface area contributed by atoms with E-state index in [1.807, 2.05) is 19.1 Å². The molecule has 100 valence electrons. The van der Waals surface area contributed by atoms with E-state index < -0.39 is 10.8 Å². The number of hydrogen-bond donors (Lipinski definition) is 1. The lowest BCUT2D eigenvalue weighted by molar-refractivity contribution is 0.367. The van der Waals surface area contributed by atoms with Crippen LogP contribution in [0.5, 0.6) is 0 Å². The Bertz CT molecular complexity index is 463. The van der Waals surface area contributed by atoms with Crippen molar-refractivity contribution < 1.29 is 4.21 Å². The molecule has 1 heterocycles. The van der Waals surface area contributed by atoms with Gasteiger partial charge in [0, 0.05) is 11.3 Å². The zero-order chi connectivity index (χ0) is 13.3. The van der Waals surface area contributed by atoms with Crippen LogP contribution in [0.2, 0.25) is 5.02 Å². The largest absolute Gasteiger partial charge is 0.310 e. The number of fused-ring (bicyclic) bond motifs is 1. The van der Waals surface area contributed by atoms with Crippen molar-refractivity contribution in [3.05, 3.63) is 28.8 Å². The molecule has 4 atom stereocenters. The van der Waals surface area contributed by atoms with Crippen LogP contribution in [0.25, 0.3) is 0 Å². The summed E-state index contributed by atoms with van der Waals surface area (Å²) in [5.74, 6) is 0.350. The molecule has 4 unspecified atom stereocenters. The van der Waals surface area contributed by atoms with E-state index in [9.17, 15) is 4.21 Å². The van der Waals surface area contributed by atoms with Crippen LogP contribution in [-0.2, 0) is 10.8 Å². The third-order valence-electron chi connectivity index (χ3n) is 3.75. The highest BCUT2D eigenvalue weighted by Crippen LogP contribution is 2.40. The first kappa shape index (κ1) is 14.0. The molecular formula is C14H20ClNOS. The molecule has 0 aliphatic carbocycles. The van der Waals surface area contributed by atoms with Crippen LogP contribution >= 0.6 is 11.6 Å². The molecule has 4 heteroatoms. The van der Waals surface area contributed by atoms with E-state index in [0.717, 1.165) is 23.4 Å². The standard InChI is InChI=1S/C14H20ClNOS/c1-4-8-16-13-9(2)10(3)18(17)14-11(13)6-5-7-12(14)15/h5-7,9-10,13,16H,4,8H2,1-3H3. The van der Waals surface area contributed by atoms with Crippen molar-refractivity contribution in [3.63, 3.8) is 0 Å². The van der Waals surface area contributed by atoms with Crippen LogP contribution in [0.4, 0.5) is 0 Å². The second kappa shape index (κ2) is 5.72. The Labute approximate surface area is 117 Å². The van der Waals surface area contributed by atoms with E-state index in [4.69, 9.17) is 11.6 Å². The van der Waals surface area contributed by atoms with Crippen molar-refractivity contribution >= 4 is 22.4 Å². The molecule has 1 aliphatic heterocycles. The Morgan fingerprint density at radius 1 is 1.39 bits per heavy atom.